The van der Waals surface area contributed by atoms with E-state index in [-0.39, 0.29) is 11.4 Å². The van der Waals surface area contributed by atoms with Gasteiger partial charge in [-0.3, -0.25) is 14.5 Å². The number of hydrogen-bond donors (Lipinski definition) is 1. The first-order valence-electron chi connectivity index (χ1n) is 9.17. The molecule has 5 nitrogen and oxygen atoms in total. The third kappa shape index (κ3) is 3.40. The van der Waals surface area contributed by atoms with E-state index in [4.69, 9.17) is 4.74 Å². The van der Waals surface area contributed by atoms with Crippen LogP contribution in [0.3, 0.4) is 0 Å². The number of aliphatic hydroxyl groups excluding tert-OH is 1. The van der Waals surface area contributed by atoms with E-state index in [9.17, 15) is 14.7 Å². The average Bonchev–Trinajstić information content (AvgIpc) is 2.91. The Balaban J connectivity index is 2.22. The van der Waals surface area contributed by atoms with Crippen molar-refractivity contribution in [3.05, 3.63) is 71.0 Å². The first-order valence-corrected chi connectivity index (χ1v) is 9.17. The van der Waals surface area contributed by atoms with E-state index < -0.39 is 23.1 Å². The number of anilines is 1. The van der Waals surface area contributed by atoms with Crippen molar-refractivity contribution in [2.75, 3.05) is 12.0 Å². The minimum absolute atomic E-state index is 0.130. The normalized spacial score (nSPS) is 17.2. The molecule has 146 valence electrons. The lowest BCUT2D eigenvalue weighted by Crippen LogP contribution is -2.32. The second-order valence-electron chi connectivity index (χ2n) is 8.03. The Morgan fingerprint density at radius 2 is 1.79 bits per heavy atom. The van der Waals surface area contributed by atoms with Gasteiger partial charge in [-0.15, -0.1) is 0 Å². The van der Waals surface area contributed by atoms with Gasteiger partial charge >= 0.3 is 0 Å². The van der Waals surface area contributed by atoms with Gasteiger partial charge in [-0.05, 0) is 24.6 Å². The van der Waals surface area contributed by atoms with E-state index in [1.165, 1.54) is 4.90 Å². The topological polar surface area (TPSA) is 66.8 Å². The van der Waals surface area contributed by atoms with Crippen LogP contribution in [0.4, 0.5) is 5.69 Å². The summed E-state index contributed by atoms with van der Waals surface area (Å²) in [5.74, 6) is -0.750. The van der Waals surface area contributed by atoms with E-state index in [2.05, 4.69) is 0 Å². The van der Waals surface area contributed by atoms with E-state index in [0.29, 0.717) is 11.4 Å². The van der Waals surface area contributed by atoms with Gasteiger partial charge < -0.3 is 9.84 Å². The number of amides is 1. The van der Waals surface area contributed by atoms with Crippen LogP contribution in [0.25, 0.3) is 0 Å². The molecule has 5 heteroatoms. The standard InChI is InChI=1S/C23H25NO4/c1-14-8-6-9-15(12-14)19-18(21(26)23(2,3)4)20(25)22(27)24(19)16-10-7-11-17(13-16)28-5/h6-13,19,25H,1-5H3. The van der Waals surface area contributed by atoms with Crippen molar-refractivity contribution < 1.29 is 19.4 Å². The number of hydrogen-bond acceptors (Lipinski definition) is 4. The molecule has 3 rings (SSSR count). The van der Waals surface area contributed by atoms with Gasteiger partial charge in [0.25, 0.3) is 5.91 Å². The minimum Gasteiger partial charge on any atom is -0.503 e. The van der Waals surface area contributed by atoms with Crippen molar-refractivity contribution in [1.29, 1.82) is 0 Å². The van der Waals surface area contributed by atoms with Crippen LogP contribution in [0.5, 0.6) is 5.75 Å². The van der Waals surface area contributed by atoms with Crippen LogP contribution in [-0.2, 0) is 9.59 Å². The van der Waals surface area contributed by atoms with Gasteiger partial charge in [-0.2, -0.15) is 0 Å². The maximum atomic E-state index is 13.2. The number of carbonyl (C=O) groups is 2. The van der Waals surface area contributed by atoms with E-state index in [0.717, 1.165) is 11.1 Å². The summed E-state index contributed by atoms with van der Waals surface area (Å²) < 4.78 is 5.28. The van der Waals surface area contributed by atoms with Crippen LogP contribution in [0.2, 0.25) is 0 Å². The number of rotatable bonds is 4. The highest BCUT2D eigenvalue weighted by atomic mass is 16.5. The lowest BCUT2D eigenvalue weighted by molar-refractivity contribution is -0.123. The summed E-state index contributed by atoms with van der Waals surface area (Å²) in [7, 11) is 1.55. The molecule has 1 heterocycles. The quantitative estimate of drug-likeness (QED) is 0.848. The number of ketones is 1. The third-order valence-corrected chi connectivity index (χ3v) is 4.82. The van der Waals surface area contributed by atoms with Crippen molar-refractivity contribution in [2.24, 2.45) is 5.41 Å². The average molecular weight is 379 g/mol. The number of carbonyl (C=O) groups excluding carboxylic acids is 2. The molecule has 0 spiro atoms. The van der Waals surface area contributed by atoms with Crippen molar-refractivity contribution in [2.45, 2.75) is 33.7 Å². The highest BCUT2D eigenvalue weighted by molar-refractivity contribution is 6.17. The van der Waals surface area contributed by atoms with Gasteiger partial charge in [0.15, 0.2) is 11.5 Å². The number of nitrogens with zero attached hydrogens (tertiary/aromatic N) is 1. The fraction of sp³-hybridized carbons (Fsp3) is 0.304. The monoisotopic (exact) mass is 379 g/mol. The molecule has 0 saturated heterocycles. The molecule has 0 saturated carbocycles. The highest BCUT2D eigenvalue weighted by Gasteiger charge is 2.46. The molecule has 0 bridgehead atoms. The predicted molar refractivity (Wildman–Crippen MR) is 109 cm³/mol. The zero-order valence-corrected chi connectivity index (χ0v) is 16.8. The minimum atomic E-state index is -0.740. The van der Waals surface area contributed by atoms with Gasteiger partial charge in [0.2, 0.25) is 0 Å². The van der Waals surface area contributed by atoms with Gasteiger partial charge in [-0.25, -0.2) is 0 Å². The molecule has 1 amide bonds. The number of aliphatic hydroxyl groups is 1. The van der Waals surface area contributed by atoms with Gasteiger partial charge in [-0.1, -0.05) is 56.7 Å². The van der Waals surface area contributed by atoms with Crippen molar-refractivity contribution in [3.63, 3.8) is 0 Å². The summed E-state index contributed by atoms with van der Waals surface area (Å²) in [6.07, 6.45) is 0. The van der Waals surface area contributed by atoms with Gasteiger partial charge in [0.05, 0.1) is 18.7 Å². The van der Waals surface area contributed by atoms with Crippen molar-refractivity contribution >= 4 is 17.4 Å². The first kappa shape index (κ1) is 19.7. The molecule has 0 aromatic heterocycles. The van der Waals surface area contributed by atoms with Crippen LogP contribution >= 0.6 is 0 Å². The lowest BCUT2D eigenvalue weighted by atomic mass is 9.82. The Kier molecular flexibility index (Phi) is 5.02. The number of methoxy groups -OCH3 is 1. The molecule has 1 unspecified atom stereocenters. The molecule has 28 heavy (non-hydrogen) atoms. The Hall–Kier alpha value is -3.08. The second-order valence-corrected chi connectivity index (χ2v) is 8.03. The first-order chi connectivity index (χ1) is 13.1. The Bertz CT molecular complexity index is 969. The number of Topliss-reactive ketones (excluding diaryl/α,β-unsaturated/α-hetero) is 1. The molecule has 2 aromatic rings. The maximum Gasteiger partial charge on any atom is 0.294 e. The number of benzene rings is 2. The SMILES string of the molecule is COc1cccc(N2C(=O)C(O)=C(C(=O)C(C)(C)C)C2c2cccc(C)c2)c1. The van der Waals surface area contributed by atoms with Gasteiger partial charge in [0, 0.05) is 17.2 Å². The molecule has 0 fully saturated rings. The Morgan fingerprint density at radius 3 is 2.39 bits per heavy atom. The molecule has 0 aliphatic carbocycles. The van der Waals surface area contributed by atoms with E-state index in [1.807, 2.05) is 31.2 Å². The van der Waals surface area contributed by atoms with E-state index in [1.54, 1.807) is 52.1 Å². The maximum absolute atomic E-state index is 13.2. The van der Waals surface area contributed by atoms with Crippen molar-refractivity contribution in [3.8, 4) is 5.75 Å². The summed E-state index contributed by atoms with van der Waals surface area (Å²) >= 11 is 0. The van der Waals surface area contributed by atoms with Gasteiger partial charge in [0.1, 0.15) is 5.75 Å². The highest BCUT2D eigenvalue weighted by Crippen LogP contribution is 2.44. The fourth-order valence-electron chi connectivity index (χ4n) is 3.42. The number of aryl methyl sites for hydroxylation is 1. The number of ether oxygens (including phenoxy) is 1. The van der Waals surface area contributed by atoms with Crippen molar-refractivity contribution in [1.82, 2.24) is 0 Å². The lowest BCUT2D eigenvalue weighted by Gasteiger charge is -2.29. The molecule has 1 N–H and O–H groups in total. The predicted octanol–water partition coefficient (Wildman–Crippen LogP) is 4.52. The summed E-state index contributed by atoms with van der Waals surface area (Å²) in [6.45, 7) is 7.29. The molecule has 0 radical (unpaired) electrons. The largest absolute Gasteiger partial charge is 0.503 e. The van der Waals surface area contributed by atoms with Crippen LogP contribution < -0.4 is 9.64 Å². The molecule has 2 aromatic carbocycles. The summed E-state index contributed by atoms with van der Waals surface area (Å²) in [4.78, 5) is 27.7. The summed E-state index contributed by atoms with van der Waals surface area (Å²) in [6, 6.07) is 14.0. The molecule has 1 aliphatic heterocycles. The Morgan fingerprint density at radius 1 is 1.11 bits per heavy atom. The summed E-state index contributed by atoms with van der Waals surface area (Å²) in [5.41, 5.74) is 1.72. The second kappa shape index (κ2) is 7.15. The Labute approximate surface area is 165 Å². The van der Waals surface area contributed by atoms with Crippen LogP contribution in [0, 0.1) is 12.3 Å². The summed E-state index contributed by atoms with van der Waals surface area (Å²) in [5, 5.41) is 10.7. The molecular weight excluding hydrogens is 354 g/mol. The van der Waals surface area contributed by atoms with Crippen LogP contribution in [0.15, 0.2) is 59.9 Å². The third-order valence-electron chi connectivity index (χ3n) is 4.82. The van der Waals surface area contributed by atoms with E-state index >= 15 is 0 Å². The molecular formula is C23H25NO4. The molecule has 1 atom stereocenters. The zero-order chi connectivity index (χ0) is 20.6. The molecule has 1 aliphatic rings. The van der Waals surface area contributed by atoms with Crippen LogP contribution in [-0.4, -0.2) is 23.9 Å². The fourth-order valence-corrected chi connectivity index (χ4v) is 3.42. The zero-order valence-electron chi connectivity index (χ0n) is 16.8. The van der Waals surface area contributed by atoms with Crippen LogP contribution in [0.1, 0.15) is 37.9 Å². The smallest absolute Gasteiger partial charge is 0.294 e.